The van der Waals surface area contributed by atoms with Crippen LogP contribution in [0.1, 0.15) is 62.1 Å². The monoisotopic (exact) mass is 484 g/mol. The molecule has 34 heavy (non-hydrogen) atoms. The third-order valence-corrected chi connectivity index (χ3v) is 7.70. The van der Waals surface area contributed by atoms with E-state index in [1.807, 2.05) is 0 Å². The van der Waals surface area contributed by atoms with Crippen molar-refractivity contribution in [1.82, 2.24) is 0 Å². The van der Waals surface area contributed by atoms with Crippen LogP contribution in [0.4, 0.5) is 13.2 Å². The van der Waals surface area contributed by atoms with E-state index < -0.39 is 17.5 Å². The molecule has 0 aromatic heterocycles. The summed E-state index contributed by atoms with van der Waals surface area (Å²) in [6.45, 7) is 2.18. The standard InChI is InChI=1S/C30H32ClF3/c1-2-20-3-5-21(6-4-20)7-8-22-9-11-23(12-10-22)13-14-24-17-28(33)30(29(34)18-24)25-15-16-26(31)27(32)19-25/h3-6,15-19,22-23H,2,7-14H2,1H3/t22-,23-. The molecule has 1 aliphatic rings. The molecule has 0 atom stereocenters. The van der Waals surface area contributed by atoms with E-state index in [0.29, 0.717) is 17.9 Å². The van der Waals surface area contributed by atoms with Gasteiger partial charge in [-0.3, -0.25) is 0 Å². The molecule has 4 heteroatoms. The number of aryl methyl sites for hydroxylation is 3. The van der Waals surface area contributed by atoms with Gasteiger partial charge in [0.05, 0.1) is 10.6 Å². The SMILES string of the molecule is CCc1ccc(CC[C@H]2CC[C@H](CCc3cc(F)c(-c4ccc(Cl)c(F)c4)c(F)c3)CC2)cc1. The second-order valence-electron chi connectivity index (χ2n) is 9.70. The molecule has 1 fully saturated rings. The van der Waals surface area contributed by atoms with Crippen LogP contribution in [0.5, 0.6) is 0 Å². The van der Waals surface area contributed by atoms with Gasteiger partial charge >= 0.3 is 0 Å². The third kappa shape index (κ3) is 6.24. The Bertz CT molecular complexity index is 1080. The number of rotatable bonds is 8. The molecule has 0 N–H and O–H groups in total. The summed E-state index contributed by atoms with van der Waals surface area (Å²) in [5.41, 5.74) is 3.42. The van der Waals surface area contributed by atoms with Gasteiger partial charge in [-0.25, -0.2) is 13.2 Å². The first-order valence-corrected chi connectivity index (χ1v) is 12.8. The highest BCUT2D eigenvalue weighted by atomic mass is 35.5. The Labute approximate surface area is 206 Å². The summed E-state index contributed by atoms with van der Waals surface area (Å²) in [6, 6.07) is 15.6. The largest absolute Gasteiger partial charge is 0.206 e. The van der Waals surface area contributed by atoms with Gasteiger partial charge in [0, 0.05) is 0 Å². The highest BCUT2D eigenvalue weighted by Gasteiger charge is 2.22. The topological polar surface area (TPSA) is 0 Å². The minimum Gasteiger partial charge on any atom is -0.206 e. The van der Waals surface area contributed by atoms with E-state index in [9.17, 15) is 13.2 Å². The fourth-order valence-corrected chi connectivity index (χ4v) is 5.31. The van der Waals surface area contributed by atoms with Gasteiger partial charge in [-0.2, -0.15) is 0 Å². The molecule has 1 aliphatic carbocycles. The molecular formula is C30H32ClF3. The van der Waals surface area contributed by atoms with Gasteiger partial charge in [-0.05, 0) is 90.5 Å². The molecule has 0 heterocycles. The fraction of sp³-hybridized carbons (Fsp3) is 0.400. The van der Waals surface area contributed by atoms with Crippen molar-refractivity contribution in [3.63, 3.8) is 0 Å². The van der Waals surface area contributed by atoms with Crippen LogP contribution >= 0.6 is 11.6 Å². The van der Waals surface area contributed by atoms with Gasteiger partial charge < -0.3 is 0 Å². The summed E-state index contributed by atoms with van der Waals surface area (Å²) >= 11 is 5.69. The molecule has 3 aromatic rings. The van der Waals surface area contributed by atoms with Gasteiger partial charge in [0.25, 0.3) is 0 Å². The first-order chi connectivity index (χ1) is 16.4. The zero-order valence-corrected chi connectivity index (χ0v) is 20.5. The van der Waals surface area contributed by atoms with Crippen LogP contribution in [0.15, 0.2) is 54.6 Å². The maximum Gasteiger partial charge on any atom is 0.142 e. The molecule has 4 rings (SSSR count). The maximum atomic E-state index is 14.7. The van der Waals surface area contributed by atoms with Gasteiger partial charge in [0.1, 0.15) is 17.5 Å². The molecule has 0 unspecified atom stereocenters. The lowest BCUT2D eigenvalue weighted by Crippen LogP contribution is -2.16. The zero-order chi connectivity index (χ0) is 24.1. The summed E-state index contributed by atoms with van der Waals surface area (Å²) in [5, 5.41) is -0.0680. The second kappa shape index (κ2) is 11.4. The van der Waals surface area contributed by atoms with Gasteiger partial charge in [-0.1, -0.05) is 74.5 Å². The lowest BCUT2D eigenvalue weighted by atomic mass is 9.77. The zero-order valence-electron chi connectivity index (χ0n) is 19.7. The van der Waals surface area contributed by atoms with E-state index in [1.165, 1.54) is 67.5 Å². The maximum absolute atomic E-state index is 14.7. The highest BCUT2D eigenvalue weighted by molar-refractivity contribution is 6.30. The smallest absolute Gasteiger partial charge is 0.142 e. The van der Waals surface area contributed by atoms with E-state index >= 15 is 0 Å². The van der Waals surface area contributed by atoms with Crippen molar-refractivity contribution in [2.24, 2.45) is 11.8 Å². The third-order valence-electron chi connectivity index (χ3n) is 7.39. The van der Waals surface area contributed by atoms with Crippen molar-refractivity contribution < 1.29 is 13.2 Å². The summed E-state index contributed by atoms with van der Waals surface area (Å²) in [4.78, 5) is 0. The Morgan fingerprint density at radius 1 is 0.676 bits per heavy atom. The van der Waals surface area contributed by atoms with Crippen LogP contribution in [0.2, 0.25) is 5.02 Å². The Kier molecular flexibility index (Phi) is 8.37. The minimum absolute atomic E-state index is 0.0680. The molecule has 0 bridgehead atoms. The van der Waals surface area contributed by atoms with E-state index in [0.717, 1.165) is 31.2 Å². The van der Waals surface area contributed by atoms with Crippen LogP contribution in [-0.2, 0) is 19.3 Å². The van der Waals surface area contributed by atoms with E-state index in [4.69, 9.17) is 11.6 Å². The number of hydrogen-bond donors (Lipinski definition) is 0. The van der Waals surface area contributed by atoms with Crippen molar-refractivity contribution in [3.05, 3.63) is 93.8 Å². The molecule has 0 nitrogen and oxygen atoms in total. The summed E-state index contributed by atoms with van der Waals surface area (Å²) in [6.07, 6.45) is 9.91. The lowest BCUT2D eigenvalue weighted by Gasteiger charge is -2.28. The summed E-state index contributed by atoms with van der Waals surface area (Å²) in [5.74, 6) is -0.626. The van der Waals surface area contributed by atoms with Crippen LogP contribution in [0.3, 0.4) is 0 Å². The first kappa shape index (κ1) is 24.9. The van der Waals surface area contributed by atoms with Gasteiger partial charge in [0.2, 0.25) is 0 Å². The van der Waals surface area contributed by atoms with Gasteiger partial charge in [0.15, 0.2) is 0 Å². The quantitative estimate of drug-likeness (QED) is 0.298. The Balaban J connectivity index is 1.26. The molecule has 0 amide bonds. The normalized spacial score (nSPS) is 18.3. The Morgan fingerprint density at radius 2 is 1.21 bits per heavy atom. The molecule has 0 aliphatic heterocycles. The second-order valence-corrected chi connectivity index (χ2v) is 10.1. The van der Waals surface area contributed by atoms with Crippen LogP contribution < -0.4 is 0 Å². The lowest BCUT2D eigenvalue weighted by molar-refractivity contribution is 0.253. The predicted molar refractivity (Wildman–Crippen MR) is 135 cm³/mol. The molecule has 180 valence electrons. The predicted octanol–water partition coefficient (Wildman–Crippen LogP) is 9.36. The molecule has 3 aromatic carbocycles. The van der Waals surface area contributed by atoms with Crippen molar-refractivity contribution in [2.75, 3.05) is 0 Å². The molecule has 1 saturated carbocycles. The summed E-state index contributed by atoms with van der Waals surface area (Å²) in [7, 11) is 0. The van der Waals surface area contributed by atoms with E-state index in [1.54, 1.807) is 0 Å². The average molecular weight is 485 g/mol. The number of hydrogen-bond acceptors (Lipinski definition) is 0. The average Bonchev–Trinajstić information content (AvgIpc) is 2.84. The van der Waals surface area contributed by atoms with Crippen molar-refractivity contribution in [3.8, 4) is 11.1 Å². The molecule has 0 radical (unpaired) electrons. The molecule has 0 saturated heterocycles. The van der Waals surface area contributed by atoms with Crippen molar-refractivity contribution >= 4 is 11.6 Å². The number of benzene rings is 3. The fourth-order valence-electron chi connectivity index (χ4n) is 5.19. The van der Waals surface area contributed by atoms with Crippen LogP contribution in [0, 0.1) is 29.3 Å². The van der Waals surface area contributed by atoms with Crippen molar-refractivity contribution in [2.45, 2.75) is 64.7 Å². The van der Waals surface area contributed by atoms with E-state index in [-0.39, 0.29) is 16.1 Å². The molecular weight excluding hydrogens is 453 g/mol. The number of halogens is 4. The molecule has 0 spiro atoms. The van der Waals surface area contributed by atoms with Crippen molar-refractivity contribution in [1.29, 1.82) is 0 Å². The van der Waals surface area contributed by atoms with Crippen LogP contribution in [-0.4, -0.2) is 0 Å². The van der Waals surface area contributed by atoms with Gasteiger partial charge in [-0.15, -0.1) is 0 Å². The summed E-state index contributed by atoms with van der Waals surface area (Å²) < 4.78 is 43.2. The minimum atomic E-state index is -0.688. The highest BCUT2D eigenvalue weighted by Crippen LogP contribution is 2.35. The van der Waals surface area contributed by atoms with E-state index in [2.05, 4.69) is 31.2 Å². The first-order valence-electron chi connectivity index (χ1n) is 12.4. The Hall–Kier alpha value is -2.26. The van der Waals surface area contributed by atoms with Crippen LogP contribution in [0.25, 0.3) is 11.1 Å². The Morgan fingerprint density at radius 3 is 1.74 bits per heavy atom.